The zero-order valence-electron chi connectivity index (χ0n) is 14.4. The van der Waals surface area contributed by atoms with Crippen LogP contribution in [-0.4, -0.2) is 44.9 Å². The van der Waals surface area contributed by atoms with Crippen LogP contribution in [-0.2, 0) is 26.2 Å². The number of halogens is 1. The van der Waals surface area contributed by atoms with Crippen LogP contribution in [0.4, 0.5) is 4.39 Å². The van der Waals surface area contributed by atoms with E-state index in [0.717, 1.165) is 23.8 Å². The topological polar surface area (TPSA) is 84.9 Å². The standard InChI is InChI=1S/C18H19FN2O5S/c19-17-7-6-15(27(23,24)21-8-10-25-11-9-21)12-16(17)18(22)20-26-13-14-4-2-1-3-5-14/h1-7,12H,8-11,13H2,(H,20,22). The maximum Gasteiger partial charge on any atom is 0.277 e. The highest BCUT2D eigenvalue weighted by atomic mass is 32.2. The summed E-state index contributed by atoms with van der Waals surface area (Å²) in [6.45, 7) is 1.10. The summed E-state index contributed by atoms with van der Waals surface area (Å²) in [6, 6.07) is 12.2. The minimum Gasteiger partial charge on any atom is -0.379 e. The molecule has 1 heterocycles. The molecule has 0 unspecified atom stereocenters. The van der Waals surface area contributed by atoms with E-state index in [1.54, 1.807) is 0 Å². The van der Waals surface area contributed by atoms with Crippen LogP contribution in [0.1, 0.15) is 15.9 Å². The van der Waals surface area contributed by atoms with Crippen LogP contribution in [0.25, 0.3) is 0 Å². The van der Waals surface area contributed by atoms with Gasteiger partial charge in [0, 0.05) is 13.1 Å². The van der Waals surface area contributed by atoms with Crippen molar-refractivity contribution in [3.8, 4) is 0 Å². The number of morpholine rings is 1. The molecule has 0 saturated carbocycles. The highest BCUT2D eigenvalue weighted by Crippen LogP contribution is 2.20. The van der Waals surface area contributed by atoms with Crippen molar-refractivity contribution in [2.45, 2.75) is 11.5 Å². The van der Waals surface area contributed by atoms with Crippen LogP contribution in [0.3, 0.4) is 0 Å². The highest BCUT2D eigenvalue weighted by Gasteiger charge is 2.27. The molecular formula is C18H19FN2O5S. The number of nitrogens with zero attached hydrogens (tertiary/aromatic N) is 1. The fraction of sp³-hybridized carbons (Fsp3) is 0.278. The van der Waals surface area contributed by atoms with Gasteiger partial charge in [-0.1, -0.05) is 30.3 Å². The molecule has 2 aromatic carbocycles. The number of nitrogens with one attached hydrogen (secondary N) is 1. The molecule has 1 saturated heterocycles. The van der Waals surface area contributed by atoms with Crippen molar-refractivity contribution in [1.82, 2.24) is 9.79 Å². The second-order valence-electron chi connectivity index (χ2n) is 5.86. The minimum atomic E-state index is -3.83. The lowest BCUT2D eigenvalue weighted by Gasteiger charge is -2.26. The third kappa shape index (κ3) is 4.69. The van der Waals surface area contributed by atoms with E-state index in [2.05, 4.69) is 5.48 Å². The Morgan fingerprint density at radius 3 is 2.56 bits per heavy atom. The lowest BCUT2D eigenvalue weighted by molar-refractivity contribution is 0.0230. The number of carbonyl (C=O) groups excluding carboxylic acids is 1. The summed E-state index contributed by atoms with van der Waals surface area (Å²) in [4.78, 5) is 17.1. The van der Waals surface area contributed by atoms with Gasteiger partial charge in [-0.05, 0) is 23.8 Å². The number of benzene rings is 2. The van der Waals surface area contributed by atoms with E-state index in [1.165, 1.54) is 4.31 Å². The Morgan fingerprint density at radius 2 is 1.85 bits per heavy atom. The lowest BCUT2D eigenvalue weighted by atomic mass is 10.2. The Labute approximate surface area is 156 Å². The third-order valence-corrected chi connectivity index (χ3v) is 5.93. The summed E-state index contributed by atoms with van der Waals surface area (Å²) < 4.78 is 45.8. The molecule has 2 aromatic rings. The van der Waals surface area contributed by atoms with Crippen molar-refractivity contribution < 1.29 is 27.2 Å². The molecule has 7 nitrogen and oxygen atoms in total. The summed E-state index contributed by atoms with van der Waals surface area (Å²) in [5.41, 5.74) is 2.56. The van der Waals surface area contributed by atoms with E-state index in [4.69, 9.17) is 9.57 Å². The summed E-state index contributed by atoms with van der Waals surface area (Å²) in [5.74, 6) is -1.70. The molecule has 1 aliphatic heterocycles. The van der Waals surface area contributed by atoms with Gasteiger partial charge >= 0.3 is 0 Å². The van der Waals surface area contributed by atoms with Crippen LogP contribution in [0.5, 0.6) is 0 Å². The van der Waals surface area contributed by atoms with E-state index < -0.39 is 27.3 Å². The molecule has 0 spiro atoms. The molecule has 144 valence electrons. The normalized spacial score (nSPS) is 15.4. The maximum atomic E-state index is 14.1. The predicted molar refractivity (Wildman–Crippen MR) is 94.7 cm³/mol. The number of hydroxylamine groups is 1. The Kier molecular flexibility index (Phi) is 6.17. The monoisotopic (exact) mass is 394 g/mol. The smallest absolute Gasteiger partial charge is 0.277 e. The van der Waals surface area contributed by atoms with Gasteiger partial charge in [-0.25, -0.2) is 18.3 Å². The molecule has 3 rings (SSSR count). The van der Waals surface area contributed by atoms with Gasteiger partial charge < -0.3 is 4.74 Å². The molecular weight excluding hydrogens is 375 g/mol. The zero-order chi connectivity index (χ0) is 19.3. The number of sulfonamides is 1. The van der Waals surface area contributed by atoms with Crippen molar-refractivity contribution in [2.75, 3.05) is 26.3 Å². The average Bonchev–Trinajstić information content (AvgIpc) is 2.69. The van der Waals surface area contributed by atoms with Gasteiger partial charge in [0.05, 0.1) is 30.3 Å². The Morgan fingerprint density at radius 1 is 1.15 bits per heavy atom. The van der Waals surface area contributed by atoms with Crippen LogP contribution in [0.15, 0.2) is 53.4 Å². The number of hydrogen-bond acceptors (Lipinski definition) is 5. The zero-order valence-corrected chi connectivity index (χ0v) is 15.2. The first-order valence-electron chi connectivity index (χ1n) is 8.32. The second kappa shape index (κ2) is 8.57. The maximum absolute atomic E-state index is 14.1. The van der Waals surface area contributed by atoms with Gasteiger partial charge in [-0.15, -0.1) is 0 Å². The molecule has 1 N–H and O–H groups in total. The molecule has 1 aliphatic rings. The molecule has 1 fully saturated rings. The van der Waals surface area contributed by atoms with Gasteiger partial charge in [0.25, 0.3) is 5.91 Å². The molecule has 0 bridgehead atoms. The van der Waals surface area contributed by atoms with Gasteiger partial charge in [-0.2, -0.15) is 4.31 Å². The van der Waals surface area contributed by atoms with Gasteiger partial charge in [0.15, 0.2) is 0 Å². The van der Waals surface area contributed by atoms with Crippen LogP contribution < -0.4 is 5.48 Å². The molecule has 27 heavy (non-hydrogen) atoms. The predicted octanol–water partition coefficient (Wildman–Crippen LogP) is 1.71. The number of ether oxygens (including phenoxy) is 1. The highest BCUT2D eigenvalue weighted by molar-refractivity contribution is 7.89. The number of rotatable bonds is 6. The van der Waals surface area contributed by atoms with Gasteiger partial charge in [0.2, 0.25) is 10.0 Å². The molecule has 0 aliphatic carbocycles. The van der Waals surface area contributed by atoms with Crippen molar-refractivity contribution >= 4 is 15.9 Å². The van der Waals surface area contributed by atoms with Crippen molar-refractivity contribution in [3.63, 3.8) is 0 Å². The van der Waals surface area contributed by atoms with E-state index in [1.807, 2.05) is 30.3 Å². The van der Waals surface area contributed by atoms with Gasteiger partial charge in [0.1, 0.15) is 5.82 Å². The Hall–Kier alpha value is -2.33. The van der Waals surface area contributed by atoms with Gasteiger partial charge in [-0.3, -0.25) is 9.63 Å². The fourth-order valence-corrected chi connectivity index (χ4v) is 4.02. The first kappa shape index (κ1) is 19.4. The van der Waals surface area contributed by atoms with E-state index in [9.17, 15) is 17.6 Å². The summed E-state index contributed by atoms with van der Waals surface area (Å²) >= 11 is 0. The van der Waals surface area contributed by atoms with E-state index in [0.29, 0.717) is 13.2 Å². The number of carbonyl (C=O) groups is 1. The van der Waals surface area contributed by atoms with Crippen LogP contribution in [0, 0.1) is 5.82 Å². The number of amides is 1. The van der Waals surface area contributed by atoms with E-state index >= 15 is 0 Å². The van der Waals surface area contributed by atoms with Crippen LogP contribution in [0.2, 0.25) is 0 Å². The molecule has 9 heteroatoms. The minimum absolute atomic E-state index is 0.0972. The van der Waals surface area contributed by atoms with Crippen molar-refractivity contribution in [3.05, 3.63) is 65.5 Å². The lowest BCUT2D eigenvalue weighted by Crippen LogP contribution is -2.40. The number of hydrogen-bond donors (Lipinski definition) is 1. The van der Waals surface area contributed by atoms with Crippen LogP contribution >= 0.6 is 0 Å². The summed E-state index contributed by atoms with van der Waals surface area (Å²) in [5, 5.41) is 0. The third-order valence-electron chi connectivity index (χ3n) is 4.04. The van der Waals surface area contributed by atoms with Crippen molar-refractivity contribution in [2.24, 2.45) is 0 Å². The first-order chi connectivity index (χ1) is 13.0. The molecule has 0 radical (unpaired) electrons. The van der Waals surface area contributed by atoms with Crippen molar-refractivity contribution in [1.29, 1.82) is 0 Å². The molecule has 0 atom stereocenters. The quantitative estimate of drug-likeness (QED) is 0.754. The SMILES string of the molecule is O=C(NOCc1ccccc1)c1cc(S(=O)(=O)N2CCOCC2)ccc1F. The Balaban J connectivity index is 1.71. The summed E-state index contributed by atoms with van der Waals surface area (Å²) in [6.07, 6.45) is 0. The summed E-state index contributed by atoms with van der Waals surface area (Å²) in [7, 11) is -3.83. The average molecular weight is 394 g/mol. The fourth-order valence-electron chi connectivity index (χ4n) is 2.59. The largest absolute Gasteiger partial charge is 0.379 e. The molecule has 1 amide bonds. The van der Waals surface area contributed by atoms with E-state index in [-0.39, 0.29) is 24.6 Å². The first-order valence-corrected chi connectivity index (χ1v) is 9.76. The Bertz CT molecular complexity index is 899. The molecule has 0 aromatic heterocycles. The second-order valence-corrected chi connectivity index (χ2v) is 7.80.